The maximum atomic E-state index is 13.7. The second-order valence-corrected chi connectivity index (χ2v) is 7.71. The van der Waals surface area contributed by atoms with E-state index < -0.39 is 11.8 Å². The van der Waals surface area contributed by atoms with Crippen molar-refractivity contribution < 1.29 is 23.5 Å². The van der Waals surface area contributed by atoms with E-state index >= 15 is 0 Å². The number of thiophene rings is 1. The van der Waals surface area contributed by atoms with E-state index in [-0.39, 0.29) is 24.6 Å². The highest BCUT2D eigenvalue weighted by Gasteiger charge is 2.18. The largest absolute Gasteiger partial charge is 0.494 e. The summed E-state index contributed by atoms with van der Waals surface area (Å²) in [4.78, 5) is 25.8. The minimum Gasteiger partial charge on any atom is -0.494 e. The first kappa shape index (κ1) is 20.8. The van der Waals surface area contributed by atoms with Gasteiger partial charge in [-0.15, -0.1) is 11.3 Å². The summed E-state index contributed by atoms with van der Waals surface area (Å²) in [7, 11) is 1.37. The standard InChI is InChI=1S/C22H22FNO4S/c1-14-9-18(15(2)24(14)12-17-5-4-8-29-17)20(25)13-28-22(26)11-16-6-7-21(27-3)19(23)10-16/h4-10H,11-13H2,1-3H3. The van der Waals surface area contributed by atoms with E-state index in [1.807, 2.05) is 31.4 Å². The molecule has 2 heterocycles. The normalized spacial score (nSPS) is 10.8. The van der Waals surface area contributed by atoms with Crippen molar-refractivity contribution in [3.8, 4) is 5.75 Å². The minimum atomic E-state index is -0.588. The number of ketones is 1. The average molecular weight is 415 g/mol. The fraction of sp³-hybridized carbons (Fsp3) is 0.273. The molecule has 152 valence electrons. The van der Waals surface area contributed by atoms with Crippen molar-refractivity contribution in [1.29, 1.82) is 0 Å². The number of benzene rings is 1. The van der Waals surface area contributed by atoms with Crippen LogP contribution < -0.4 is 4.74 Å². The van der Waals surface area contributed by atoms with Gasteiger partial charge in [0, 0.05) is 21.8 Å². The molecule has 0 saturated carbocycles. The number of esters is 1. The molecule has 2 aromatic heterocycles. The maximum absolute atomic E-state index is 13.7. The van der Waals surface area contributed by atoms with Crippen LogP contribution in [0.15, 0.2) is 41.8 Å². The van der Waals surface area contributed by atoms with Crippen LogP contribution in [0.25, 0.3) is 0 Å². The van der Waals surface area contributed by atoms with Crippen molar-refractivity contribution in [2.45, 2.75) is 26.8 Å². The third-order valence-corrected chi connectivity index (χ3v) is 5.56. The summed E-state index contributed by atoms with van der Waals surface area (Å²) in [5, 5.41) is 2.02. The molecule has 0 saturated heterocycles. The first-order valence-electron chi connectivity index (χ1n) is 9.09. The molecule has 3 rings (SSSR count). The molecule has 0 spiro atoms. The van der Waals surface area contributed by atoms with Crippen LogP contribution in [0.1, 0.15) is 32.2 Å². The van der Waals surface area contributed by atoms with Gasteiger partial charge in [0.15, 0.2) is 18.2 Å². The third-order valence-electron chi connectivity index (χ3n) is 4.70. The van der Waals surface area contributed by atoms with Gasteiger partial charge in [0.2, 0.25) is 5.78 Å². The Kier molecular flexibility index (Phi) is 6.49. The zero-order valence-corrected chi connectivity index (χ0v) is 17.3. The lowest BCUT2D eigenvalue weighted by Gasteiger charge is -2.09. The number of aromatic nitrogens is 1. The number of carbonyl (C=O) groups excluding carboxylic acids is 2. The van der Waals surface area contributed by atoms with Crippen LogP contribution in [0.2, 0.25) is 0 Å². The van der Waals surface area contributed by atoms with Gasteiger partial charge >= 0.3 is 5.97 Å². The zero-order chi connectivity index (χ0) is 21.0. The molecule has 0 fully saturated rings. The number of carbonyl (C=O) groups is 2. The van der Waals surface area contributed by atoms with Gasteiger partial charge in [-0.05, 0) is 49.1 Å². The Morgan fingerprint density at radius 1 is 1.17 bits per heavy atom. The first-order chi connectivity index (χ1) is 13.9. The van der Waals surface area contributed by atoms with Crippen molar-refractivity contribution in [3.05, 3.63) is 75.0 Å². The SMILES string of the molecule is COc1ccc(CC(=O)OCC(=O)c2cc(C)n(Cc3cccs3)c2C)cc1F. The fourth-order valence-corrected chi connectivity index (χ4v) is 3.84. The molecule has 29 heavy (non-hydrogen) atoms. The summed E-state index contributed by atoms with van der Waals surface area (Å²) in [6.07, 6.45) is -0.119. The van der Waals surface area contributed by atoms with E-state index in [1.54, 1.807) is 17.4 Å². The molecule has 0 aliphatic heterocycles. The average Bonchev–Trinajstić information content (AvgIpc) is 3.30. The Balaban J connectivity index is 1.60. The van der Waals surface area contributed by atoms with E-state index in [0.29, 0.717) is 17.7 Å². The summed E-state index contributed by atoms with van der Waals surface area (Å²) in [5.74, 6) is -1.29. The molecule has 0 amide bonds. The highest BCUT2D eigenvalue weighted by molar-refractivity contribution is 7.09. The van der Waals surface area contributed by atoms with Crippen LogP contribution in [0.4, 0.5) is 4.39 Å². The molecule has 0 aliphatic carbocycles. The highest BCUT2D eigenvalue weighted by Crippen LogP contribution is 2.20. The quantitative estimate of drug-likeness (QED) is 0.406. The maximum Gasteiger partial charge on any atom is 0.310 e. The Hall–Kier alpha value is -2.93. The zero-order valence-electron chi connectivity index (χ0n) is 16.5. The molecule has 0 aliphatic rings. The second kappa shape index (κ2) is 9.05. The van der Waals surface area contributed by atoms with E-state index in [9.17, 15) is 14.0 Å². The van der Waals surface area contributed by atoms with Gasteiger partial charge in [-0.25, -0.2) is 4.39 Å². The summed E-state index contributed by atoms with van der Waals surface area (Å²) >= 11 is 1.66. The molecule has 3 aromatic rings. The van der Waals surface area contributed by atoms with Gasteiger partial charge < -0.3 is 14.0 Å². The lowest BCUT2D eigenvalue weighted by Crippen LogP contribution is -2.16. The molecule has 0 bridgehead atoms. The third kappa shape index (κ3) is 4.92. The van der Waals surface area contributed by atoms with Crippen LogP contribution in [-0.2, 0) is 22.5 Å². The lowest BCUT2D eigenvalue weighted by molar-refractivity contribution is -0.141. The van der Waals surface area contributed by atoms with Crippen LogP contribution in [0.3, 0.4) is 0 Å². The summed E-state index contributed by atoms with van der Waals surface area (Å²) in [6, 6.07) is 10.1. The molecule has 5 nitrogen and oxygen atoms in total. The molecule has 0 atom stereocenters. The molecule has 0 N–H and O–H groups in total. The van der Waals surface area contributed by atoms with E-state index in [2.05, 4.69) is 10.6 Å². The molecular weight excluding hydrogens is 393 g/mol. The number of methoxy groups -OCH3 is 1. The van der Waals surface area contributed by atoms with Gasteiger partial charge in [0.05, 0.1) is 20.1 Å². The lowest BCUT2D eigenvalue weighted by atomic mass is 10.1. The first-order valence-corrected chi connectivity index (χ1v) is 9.97. The smallest absolute Gasteiger partial charge is 0.310 e. The van der Waals surface area contributed by atoms with Gasteiger partial charge in [-0.2, -0.15) is 0 Å². The van der Waals surface area contributed by atoms with Crippen LogP contribution >= 0.6 is 11.3 Å². The predicted molar refractivity (Wildman–Crippen MR) is 109 cm³/mol. The summed E-state index contributed by atoms with van der Waals surface area (Å²) in [5.41, 5.74) is 2.81. The van der Waals surface area contributed by atoms with Crippen LogP contribution in [0.5, 0.6) is 5.75 Å². The number of rotatable bonds is 8. The minimum absolute atomic E-state index is 0.107. The Morgan fingerprint density at radius 2 is 1.97 bits per heavy atom. The number of halogens is 1. The van der Waals surface area contributed by atoms with E-state index in [1.165, 1.54) is 24.1 Å². The van der Waals surface area contributed by atoms with Crippen molar-refractivity contribution in [1.82, 2.24) is 4.57 Å². The molecular formula is C22H22FNO4S. The summed E-state index contributed by atoms with van der Waals surface area (Å²) < 4.78 is 25.8. The molecule has 0 unspecified atom stereocenters. The second-order valence-electron chi connectivity index (χ2n) is 6.68. The Bertz CT molecular complexity index is 1020. The molecule has 0 radical (unpaired) electrons. The predicted octanol–water partition coefficient (Wildman–Crippen LogP) is 4.33. The molecule has 1 aromatic carbocycles. The number of Topliss-reactive ketones (excluding diaryl/α,β-unsaturated/α-hetero) is 1. The van der Waals surface area contributed by atoms with Gasteiger partial charge in [0.1, 0.15) is 0 Å². The number of aryl methyl sites for hydroxylation is 1. The van der Waals surface area contributed by atoms with E-state index in [0.717, 1.165) is 11.4 Å². The van der Waals surface area contributed by atoms with Crippen LogP contribution in [0, 0.1) is 19.7 Å². The van der Waals surface area contributed by atoms with Crippen molar-refractivity contribution >= 4 is 23.1 Å². The fourth-order valence-electron chi connectivity index (χ4n) is 3.15. The van der Waals surface area contributed by atoms with Crippen molar-refractivity contribution in [2.24, 2.45) is 0 Å². The summed E-state index contributed by atoms with van der Waals surface area (Å²) in [6.45, 7) is 4.18. The molecule has 7 heteroatoms. The monoisotopic (exact) mass is 415 g/mol. The Morgan fingerprint density at radius 3 is 2.62 bits per heavy atom. The number of nitrogens with zero attached hydrogens (tertiary/aromatic N) is 1. The highest BCUT2D eigenvalue weighted by atomic mass is 32.1. The van der Waals surface area contributed by atoms with Crippen LogP contribution in [-0.4, -0.2) is 30.0 Å². The van der Waals surface area contributed by atoms with Gasteiger partial charge in [-0.3, -0.25) is 9.59 Å². The van der Waals surface area contributed by atoms with Gasteiger partial charge in [-0.1, -0.05) is 12.1 Å². The van der Waals surface area contributed by atoms with Gasteiger partial charge in [0.25, 0.3) is 0 Å². The van der Waals surface area contributed by atoms with Crippen molar-refractivity contribution in [3.63, 3.8) is 0 Å². The Labute approximate surface area is 172 Å². The number of hydrogen-bond donors (Lipinski definition) is 0. The number of ether oxygens (including phenoxy) is 2. The van der Waals surface area contributed by atoms with Crippen molar-refractivity contribution in [2.75, 3.05) is 13.7 Å². The number of hydrogen-bond acceptors (Lipinski definition) is 5. The topological polar surface area (TPSA) is 57.5 Å². The van der Waals surface area contributed by atoms with E-state index in [4.69, 9.17) is 9.47 Å².